The molecule has 0 saturated carbocycles. The summed E-state index contributed by atoms with van der Waals surface area (Å²) in [6.45, 7) is 5.06. The molecule has 0 unspecified atom stereocenters. The fourth-order valence-electron chi connectivity index (χ4n) is 2.55. The van der Waals surface area contributed by atoms with Crippen molar-refractivity contribution in [3.8, 4) is 17.2 Å². The van der Waals surface area contributed by atoms with Crippen LogP contribution < -0.4 is 0 Å². The molecule has 177 valence electrons. The summed E-state index contributed by atoms with van der Waals surface area (Å²) < 4.78 is 0. The predicted octanol–water partition coefficient (Wildman–Crippen LogP) is 4.83. The normalized spacial score (nSPS) is 9.26. The zero-order valence-electron chi connectivity index (χ0n) is 18.4. The van der Waals surface area contributed by atoms with Crippen LogP contribution in [0.4, 0.5) is 17.1 Å². The molecular formula is C21H21LaN3O9. The van der Waals surface area contributed by atoms with Gasteiger partial charge >= 0.3 is 0 Å². The summed E-state index contributed by atoms with van der Waals surface area (Å²) >= 11 is 0. The van der Waals surface area contributed by atoms with E-state index in [1.165, 1.54) is 36.4 Å². The maximum atomic E-state index is 10.2. The molecule has 1 radical (unpaired) electrons. The van der Waals surface area contributed by atoms with Crippen LogP contribution in [0.15, 0.2) is 54.6 Å². The first kappa shape index (κ1) is 30.5. The van der Waals surface area contributed by atoms with Gasteiger partial charge in [0.25, 0.3) is 17.1 Å². The number of nitro benzene ring substituents is 3. The van der Waals surface area contributed by atoms with Crippen LogP contribution >= 0.6 is 0 Å². The third kappa shape index (κ3) is 10.9. The minimum atomic E-state index is -0.535. The van der Waals surface area contributed by atoms with Crippen LogP contribution in [-0.2, 0) is 0 Å². The molecule has 0 aliphatic rings. The fourth-order valence-corrected chi connectivity index (χ4v) is 2.55. The van der Waals surface area contributed by atoms with E-state index in [2.05, 4.69) is 0 Å². The Hall–Kier alpha value is -3.55. The summed E-state index contributed by atoms with van der Waals surface area (Å²) in [5.74, 6) is -0.217. The summed E-state index contributed by atoms with van der Waals surface area (Å²) in [5.41, 5.74) is 1.79. The molecule has 0 bridgehead atoms. The Bertz CT molecular complexity index is 979. The van der Waals surface area contributed by atoms with Crippen LogP contribution in [0.25, 0.3) is 0 Å². The van der Waals surface area contributed by atoms with Crippen molar-refractivity contribution >= 4 is 17.1 Å². The Balaban J connectivity index is 0.000000473. The quantitative estimate of drug-likeness (QED) is 0.280. The van der Waals surface area contributed by atoms with Crippen molar-refractivity contribution in [3.63, 3.8) is 0 Å². The number of hydrogen-bond donors (Lipinski definition) is 3. The van der Waals surface area contributed by atoms with Gasteiger partial charge in [-0.05, 0) is 55.7 Å². The van der Waals surface area contributed by atoms with Crippen LogP contribution in [0.3, 0.4) is 0 Å². The van der Waals surface area contributed by atoms with E-state index in [4.69, 9.17) is 15.3 Å². The van der Waals surface area contributed by atoms with Gasteiger partial charge in [0.2, 0.25) is 0 Å². The van der Waals surface area contributed by atoms with E-state index in [0.29, 0.717) is 16.7 Å². The summed E-state index contributed by atoms with van der Waals surface area (Å²) in [5, 5.41) is 57.4. The first-order chi connectivity index (χ1) is 15.3. The smallest absolute Gasteiger partial charge is 0.273 e. The number of phenols is 3. The minimum absolute atomic E-state index is 0. The van der Waals surface area contributed by atoms with Crippen LogP contribution in [0, 0.1) is 86.7 Å². The molecule has 0 saturated heterocycles. The van der Waals surface area contributed by atoms with E-state index < -0.39 is 14.8 Å². The number of hydrogen-bond acceptors (Lipinski definition) is 9. The molecule has 0 aliphatic heterocycles. The number of aryl methyl sites for hydroxylation is 3. The van der Waals surface area contributed by atoms with Crippen LogP contribution in [0.1, 0.15) is 16.7 Å². The van der Waals surface area contributed by atoms with Crippen molar-refractivity contribution in [2.45, 2.75) is 20.8 Å². The molecule has 12 nitrogen and oxygen atoms in total. The van der Waals surface area contributed by atoms with Crippen molar-refractivity contribution in [1.82, 2.24) is 0 Å². The van der Waals surface area contributed by atoms with E-state index in [0.717, 1.165) is 18.2 Å². The van der Waals surface area contributed by atoms with Crippen LogP contribution in [0.5, 0.6) is 17.2 Å². The monoisotopic (exact) mass is 598 g/mol. The third-order valence-corrected chi connectivity index (χ3v) is 3.77. The van der Waals surface area contributed by atoms with Crippen LogP contribution in [0.2, 0.25) is 0 Å². The van der Waals surface area contributed by atoms with Crippen molar-refractivity contribution in [1.29, 1.82) is 0 Å². The molecule has 3 aromatic rings. The average molecular weight is 598 g/mol. The molecule has 3 aromatic carbocycles. The Kier molecular flexibility index (Phi) is 12.4. The molecule has 0 spiro atoms. The van der Waals surface area contributed by atoms with Crippen LogP contribution in [-0.4, -0.2) is 30.1 Å². The summed E-state index contributed by atoms with van der Waals surface area (Å²) in [7, 11) is 0. The number of aromatic hydroxyl groups is 3. The average Bonchev–Trinajstić information content (AvgIpc) is 2.66. The predicted molar refractivity (Wildman–Crippen MR) is 118 cm³/mol. The number of rotatable bonds is 3. The van der Waals surface area contributed by atoms with Crippen molar-refractivity contribution < 1.29 is 65.7 Å². The first-order valence-corrected chi connectivity index (χ1v) is 9.13. The topological polar surface area (TPSA) is 190 Å². The molecule has 13 heteroatoms. The summed E-state index contributed by atoms with van der Waals surface area (Å²) in [4.78, 5) is 29.0. The largest absolute Gasteiger partial charge is 0.508 e. The molecule has 0 aromatic heterocycles. The molecule has 0 amide bonds. The first-order valence-electron chi connectivity index (χ1n) is 9.13. The number of benzene rings is 3. The Labute approximate surface area is 221 Å². The standard InChI is InChI=1S/3C7H7NO3.La/c3*1-5-2-6(8(10)11)4-7(9)3-5;/h3*2-4,9H,1H3;. The van der Waals surface area contributed by atoms with Gasteiger partial charge in [-0.2, -0.15) is 0 Å². The van der Waals surface area contributed by atoms with Crippen molar-refractivity contribution in [2.75, 3.05) is 0 Å². The van der Waals surface area contributed by atoms with Gasteiger partial charge in [0.1, 0.15) is 17.2 Å². The maximum Gasteiger partial charge on any atom is 0.273 e. The van der Waals surface area contributed by atoms with E-state index in [-0.39, 0.29) is 69.9 Å². The number of phenolic OH excluding ortho intramolecular Hbond substituents is 3. The Morgan fingerprint density at radius 1 is 0.500 bits per heavy atom. The zero-order valence-corrected chi connectivity index (χ0v) is 22.0. The van der Waals surface area contributed by atoms with Gasteiger partial charge in [0, 0.05) is 53.8 Å². The van der Waals surface area contributed by atoms with Gasteiger partial charge < -0.3 is 15.3 Å². The second-order valence-corrected chi connectivity index (χ2v) is 6.85. The van der Waals surface area contributed by atoms with E-state index in [1.54, 1.807) is 20.8 Å². The van der Waals surface area contributed by atoms with E-state index in [9.17, 15) is 30.3 Å². The van der Waals surface area contributed by atoms with Gasteiger partial charge in [0.15, 0.2) is 0 Å². The summed E-state index contributed by atoms with van der Waals surface area (Å²) in [6.07, 6.45) is 0. The van der Waals surface area contributed by atoms with E-state index >= 15 is 0 Å². The molecular weight excluding hydrogens is 577 g/mol. The fraction of sp³-hybridized carbons (Fsp3) is 0.143. The molecule has 3 N–H and O–H groups in total. The number of nitrogens with zero attached hydrogens (tertiary/aromatic N) is 3. The van der Waals surface area contributed by atoms with Gasteiger partial charge in [0.05, 0.1) is 33.0 Å². The molecule has 0 atom stereocenters. The summed E-state index contributed by atoms with van der Waals surface area (Å²) in [6, 6.07) is 12.0. The minimum Gasteiger partial charge on any atom is -0.508 e. The number of nitro groups is 3. The maximum absolute atomic E-state index is 10.2. The van der Waals surface area contributed by atoms with Gasteiger partial charge in [-0.3, -0.25) is 30.3 Å². The molecule has 0 aliphatic carbocycles. The van der Waals surface area contributed by atoms with Gasteiger partial charge in [-0.1, -0.05) is 0 Å². The van der Waals surface area contributed by atoms with Crippen molar-refractivity contribution in [2.24, 2.45) is 0 Å². The Morgan fingerprint density at radius 3 is 0.853 bits per heavy atom. The third-order valence-electron chi connectivity index (χ3n) is 3.77. The van der Waals surface area contributed by atoms with Gasteiger partial charge in [-0.15, -0.1) is 0 Å². The van der Waals surface area contributed by atoms with E-state index in [1.807, 2.05) is 0 Å². The molecule has 34 heavy (non-hydrogen) atoms. The molecule has 0 heterocycles. The Morgan fingerprint density at radius 2 is 0.706 bits per heavy atom. The zero-order chi connectivity index (χ0) is 25.3. The SMILES string of the molecule is Cc1cc(O)cc([N+](=O)[O-])c1.Cc1cc(O)cc([N+](=O)[O-])c1.Cc1cc(O)cc([N+](=O)[O-])c1.[La]. The van der Waals surface area contributed by atoms with Crippen molar-refractivity contribution in [3.05, 3.63) is 102 Å². The van der Waals surface area contributed by atoms with Gasteiger partial charge in [-0.25, -0.2) is 0 Å². The second-order valence-electron chi connectivity index (χ2n) is 6.85. The second kappa shape index (κ2) is 13.9. The molecule has 0 fully saturated rings. The molecule has 3 rings (SSSR count). The number of non-ortho nitro benzene ring substituents is 3.